The first-order valence-electron chi connectivity index (χ1n) is 5.85. The van der Waals surface area contributed by atoms with Gasteiger partial charge in [0.2, 0.25) is 0 Å². The molecular weight excluding hydrogens is 284 g/mol. The minimum Gasteiger partial charge on any atom is -0.315 e. The van der Waals surface area contributed by atoms with Crippen molar-refractivity contribution in [1.29, 1.82) is 0 Å². The molecule has 1 heterocycles. The van der Waals surface area contributed by atoms with Crippen molar-refractivity contribution >= 4 is 27.3 Å². The number of halogens is 1. The predicted molar refractivity (Wildman–Crippen MR) is 76.1 cm³/mol. The highest BCUT2D eigenvalue weighted by Gasteiger charge is 1.96. The summed E-state index contributed by atoms with van der Waals surface area (Å²) in [6.07, 6.45) is 2.49. The first-order chi connectivity index (χ1) is 7.68. The maximum Gasteiger partial charge on any atom is 0.0300 e. The molecule has 0 bridgehead atoms. The lowest BCUT2D eigenvalue weighted by Gasteiger charge is -2.07. The quantitative estimate of drug-likeness (QED) is 0.720. The molecule has 16 heavy (non-hydrogen) atoms. The lowest BCUT2D eigenvalue weighted by molar-refractivity contribution is 0.542. The van der Waals surface area contributed by atoms with Gasteiger partial charge in [-0.05, 0) is 47.9 Å². The van der Waals surface area contributed by atoms with Gasteiger partial charge in [0.15, 0.2) is 0 Å². The summed E-state index contributed by atoms with van der Waals surface area (Å²) < 4.78 is 1.19. The summed E-state index contributed by atoms with van der Waals surface area (Å²) in [5, 5.41) is 9.02. The van der Waals surface area contributed by atoms with E-state index in [2.05, 4.69) is 51.9 Å². The topological polar surface area (TPSA) is 24.1 Å². The molecule has 4 heteroatoms. The lowest BCUT2D eigenvalue weighted by Crippen LogP contribution is -2.24. The highest BCUT2D eigenvalue weighted by atomic mass is 79.9. The fraction of sp³-hybridized carbons (Fsp3) is 0.667. The van der Waals surface area contributed by atoms with E-state index in [9.17, 15) is 0 Å². The molecule has 1 aromatic heterocycles. The van der Waals surface area contributed by atoms with Crippen molar-refractivity contribution in [2.75, 3.05) is 13.1 Å². The second kappa shape index (κ2) is 8.23. The monoisotopic (exact) mass is 304 g/mol. The normalized spacial score (nSPS) is 11.2. The number of thiophene rings is 1. The molecule has 0 aliphatic carbocycles. The van der Waals surface area contributed by atoms with Gasteiger partial charge in [-0.15, -0.1) is 11.3 Å². The molecule has 0 fully saturated rings. The molecule has 0 atom stereocenters. The van der Waals surface area contributed by atoms with Crippen molar-refractivity contribution in [2.45, 2.75) is 39.3 Å². The summed E-state index contributed by atoms with van der Waals surface area (Å²) in [5.41, 5.74) is 0. The summed E-state index contributed by atoms with van der Waals surface area (Å²) in [6.45, 7) is 7.60. The van der Waals surface area contributed by atoms with Crippen molar-refractivity contribution in [2.24, 2.45) is 0 Å². The Labute approximate surface area is 111 Å². The fourth-order valence-corrected chi connectivity index (χ4v) is 2.84. The Balaban J connectivity index is 1.92. The molecule has 0 saturated carbocycles. The summed E-state index contributed by atoms with van der Waals surface area (Å²) in [7, 11) is 0. The zero-order valence-electron chi connectivity index (χ0n) is 10.1. The van der Waals surface area contributed by atoms with E-state index >= 15 is 0 Å². The molecule has 0 spiro atoms. The molecule has 92 valence electrons. The van der Waals surface area contributed by atoms with Crippen LogP contribution in [0.3, 0.4) is 0 Å². The van der Waals surface area contributed by atoms with Crippen LogP contribution < -0.4 is 10.6 Å². The van der Waals surface area contributed by atoms with E-state index < -0.39 is 0 Å². The van der Waals surface area contributed by atoms with Crippen LogP contribution in [-0.4, -0.2) is 19.1 Å². The van der Waals surface area contributed by atoms with E-state index in [4.69, 9.17) is 0 Å². The smallest absolute Gasteiger partial charge is 0.0300 e. The summed E-state index contributed by atoms with van der Waals surface area (Å²) in [5.74, 6) is 0. The minimum atomic E-state index is 0.608. The van der Waals surface area contributed by atoms with Crippen LogP contribution in [0, 0.1) is 0 Å². The SMILES string of the molecule is CC(C)NCCCCNCc1cc(Br)cs1. The molecule has 0 aliphatic rings. The maximum atomic E-state index is 3.46. The molecule has 0 unspecified atom stereocenters. The van der Waals surface area contributed by atoms with Gasteiger partial charge in [-0.1, -0.05) is 13.8 Å². The van der Waals surface area contributed by atoms with Gasteiger partial charge in [0, 0.05) is 27.3 Å². The number of rotatable bonds is 8. The molecule has 0 aromatic carbocycles. The van der Waals surface area contributed by atoms with Crippen molar-refractivity contribution in [3.05, 3.63) is 20.8 Å². The third-order valence-corrected chi connectivity index (χ3v) is 3.95. The molecular formula is C12H21BrN2S. The van der Waals surface area contributed by atoms with Crippen LogP contribution in [0.1, 0.15) is 31.6 Å². The first kappa shape index (κ1) is 14.2. The summed E-state index contributed by atoms with van der Waals surface area (Å²) in [4.78, 5) is 1.40. The Hall–Kier alpha value is 0.1000. The Morgan fingerprint density at radius 1 is 1.31 bits per heavy atom. The van der Waals surface area contributed by atoms with Gasteiger partial charge in [0.1, 0.15) is 0 Å². The van der Waals surface area contributed by atoms with Gasteiger partial charge in [-0.25, -0.2) is 0 Å². The van der Waals surface area contributed by atoms with E-state index in [1.807, 2.05) is 0 Å². The maximum absolute atomic E-state index is 3.46. The predicted octanol–water partition coefficient (Wildman–Crippen LogP) is 3.38. The summed E-state index contributed by atoms with van der Waals surface area (Å²) >= 11 is 5.26. The van der Waals surface area contributed by atoms with Crippen molar-refractivity contribution in [1.82, 2.24) is 10.6 Å². The third kappa shape index (κ3) is 6.63. The van der Waals surface area contributed by atoms with Gasteiger partial charge in [-0.2, -0.15) is 0 Å². The Morgan fingerprint density at radius 3 is 2.69 bits per heavy atom. The standard InChI is InChI=1S/C12H21BrN2S/c1-10(2)15-6-4-3-5-14-8-12-7-11(13)9-16-12/h7,9-10,14-15H,3-6,8H2,1-2H3. The number of nitrogens with one attached hydrogen (secondary N) is 2. The molecule has 0 radical (unpaired) electrons. The second-order valence-electron chi connectivity index (χ2n) is 4.22. The number of hydrogen-bond donors (Lipinski definition) is 2. The Morgan fingerprint density at radius 2 is 2.06 bits per heavy atom. The largest absolute Gasteiger partial charge is 0.315 e. The molecule has 1 rings (SSSR count). The van der Waals surface area contributed by atoms with Crippen LogP contribution in [0.5, 0.6) is 0 Å². The lowest BCUT2D eigenvalue weighted by atomic mass is 10.3. The van der Waals surface area contributed by atoms with Crippen LogP contribution >= 0.6 is 27.3 Å². The van der Waals surface area contributed by atoms with Crippen molar-refractivity contribution in [3.8, 4) is 0 Å². The van der Waals surface area contributed by atoms with Gasteiger partial charge < -0.3 is 10.6 Å². The van der Waals surface area contributed by atoms with E-state index in [0.29, 0.717) is 6.04 Å². The number of hydrogen-bond acceptors (Lipinski definition) is 3. The molecule has 2 nitrogen and oxygen atoms in total. The van der Waals surface area contributed by atoms with Gasteiger partial charge >= 0.3 is 0 Å². The highest BCUT2D eigenvalue weighted by molar-refractivity contribution is 9.10. The Bertz CT molecular complexity index is 286. The molecule has 1 aromatic rings. The van der Waals surface area contributed by atoms with Crippen LogP contribution in [0.15, 0.2) is 15.9 Å². The zero-order chi connectivity index (χ0) is 11.8. The fourth-order valence-electron chi connectivity index (χ4n) is 1.42. The molecule has 0 aliphatic heterocycles. The van der Waals surface area contributed by atoms with Crippen LogP contribution in [0.4, 0.5) is 0 Å². The van der Waals surface area contributed by atoms with Gasteiger partial charge in [0.05, 0.1) is 0 Å². The third-order valence-electron chi connectivity index (χ3n) is 2.25. The summed E-state index contributed by atoms with van der Waals surface area (Å²) in [6, 6.07) is 2.79. The van der Waals surface area contributed by atoms with E-state index in [1.165, 1.54) is 22.2 Å². The highest BCUT2D eigenvalue weighted by Crippen LogP contribution is 2.19. The van der Waals surface area contributed by atoms with Crippen molar-refractivity contribution in [3.63, 3.8) is 0 Å². The van der Waals surface area contributed by atoms with Crippen LogP contribution in [0.2, 0.25) is 0 Å². The van der Waals surface area contributed by atoms with Gasteiger partial charge in [-0.3, -0.25) is 0 Å². The minimum absolute atomic E-state index is 0.608. The number of unbranched alkanes of at least 4 members (excludes halogenated alkanes) is 1. The van der Waals surface area contributed by atoms with Crippen LogP contribution in [-0.2, 0) is 6.54 Å². The average molecular weight is 305 g/mol. The zero-order valence-corrected chi connectivity index (χ0v) is 12.5. The molecule has 0 saturated heterocycles. The average Bonchev–Trinajstić information content (AvgIpc) is 2.62. The van der Waals surface area contributed by atoms with E-state index in [-0.39, 0.29) is 0 Å². The van der Waals surface area contributed by atoms with Crippen molar-refractivity contribution < 1.29 is 0 Å². The van der Waals surface area contributed by atoms with E-state index in [1.54, 1.807) is 11.3 Å². The van der Waals surface area contributed by atoms with Crippen LogP contribution in [0.25, 0.3) is 0 Å². The molecule has 0 amide bonds. The Kier molecular flexibility index (Phi) is 7.28. The second-order valence-corrected chi connectivity index (χ2v) is 6.14. The van der Waals surface area contributed by atoms with E-state index in [0.717, 1.165) is 19.6 Å². The molecule has 2 N–H and O–H groups in total. The van der Waals surface area contributed by atoms with Gasteiger partial charge in [0.25, 0.3) is 0 Å². The first-order valence-corrected chi connectivity index (χ1v) is 7.53.